The number of amides is 1. The van der Waals surface area contributed by atoms with Gasteiger partial charge in [0.25, 0.3) is 0 Å². The molecule has 0 saturated heterocycles. The monoisotopic (exact) mass is 343 g/mol. The summed E-state index contributed by atoms with van der Waals surface area (Å²) in [6.45, 7) is 0.220. The van der Waals surface area contributed by atoms with Gasteiger partial charge >= 0.3 is 0 Å². The molecule has 132 valence electrons. The molecular formula is C18H21N3O4. The zero-order valence-corrected chi connectivity index (χ0v) is 14.0. The quantitative estimate of drug-likeness (QED) is 0.855. The fourth-order valence-corrected chi connectivity index (χ4v) is 3.44. The normalized spacial score (nSPS) is 22.3. The maximum atomic E-state index is 12.6. The molecule has 4 rings (SSSR count). The summed E-state index contributed by atoms with van der Waals surface area (Å²) in [6.07, 6.45) is 5.08. The fraction of sp³-hybridized carbons (Fsp3) is 0.444. The van der Waals surface area contributed by atoms with Crippen LogP contribution in [0.15, 0.2) is 30.6 Å². The standard InChI is InChI=1S/C18H21N3O4/c1-21-9-13(8-19-21)18(12-6-14(22)7-12)20-17(23)5-11-2-3-15-16(4-11)25-10-24-15/h2-4,8-9,12,14,18,22H,5-7,10H2,1H3,(H,20,23)/t12?,14?,18-/m0/s1. The van der Waals surface area contributed by atoms with Gasteiger partial charge in [-0.15, -0.1) is 0 Å². The summed E-state index contributed by atoms with van der Waals surface area (Å²) in [5.41, 5.74) is 1.85. The van der Waals surface area contributed by atoms with Crippen molar-refractivity contribution in [2.45, 2.75) is 31.4 Å². The average molecular weight is 343 g/mol. The Morgan fingerprint density at radius 1 is 1.40 bits per heavy atom. The predicted octanol–water partition coefficient (Wildman–Crippen LogP) is 1.32. The van der Waals surface area contributed by atoms with Gasteiger partial charge in [0.2, 0.25) is 12.7 Å². The van der Waals surface area contributed by atoms with Crippen LogP contribution < -0.4 is 14.8 Å². The Bertz CT molecular complexity index is 782. The van der Waals surface area contributed by atoms with Gasteiger partial charge in [-0.3, -0.25) is 9.48 Å². The van der Waals surface area contributed by atoms with Crippen molar-refractivity contribution in [3.05, 3.63) is 41.7 Å². The molecule has 7 nitrogen and oxygen atoms in total. The number of nitrogens with one attached hydrogen (secondary N) is 1. The highest BCUT2D eigenvalue weighted by Gasteiger charge is 2.36. The number of carbonyl (C=O) groups excluding carboxylic acids is 1. The van der Waals surface area contributed by atoms with Crippen LogP contribution in [0.2, 0.25) is 0 Å². The van der Waals surface area contributed by atoms with Crippen LogP contribution in [0, 0.1) is 5.92 Å². The van der Waals surface area contributed by atoms with E-state index in [0.717, 1.165) is 11.1 Å². The van der Waals surface area contributed by atoms with Gasteiger partial charge in [0.05, 0.1) is 24.8 Å². The molecule has 0 spiro atoms. The molecule has 0 bridgehead atoms. The lowest BCUT2D eigenvalue weighted by atomic mass is 9.75. The molecule has 1 aliphatic heterocycles. The second-order valence-corrected chi connectivity index (χ2v) is 6.74. The van der Waals surface area contributed by atoms with Crippen molar-refractivity contribution in [1.29, 1.82) is 0 Å². The number of aromatic nitrogens is 2. The van der Waals surface area contributed by atoms with Gasteiger partial charge < -0.3 is 19.9 Å². The second kappa shape index (κ2) is 6.40. The minimum absolute atomic E-state index is 0.0610. The number of aliphatic hydroxyl groups is 1. The van der Waals surface area contributed by atoms with E-state index in [-0.39, 0.29) is 37.2 Å². The van der Waals surface area contributed by atoms with Crippen molar-refractivity contribution in [2.24, 2.45) is 13.0 Å². The number of fused-ring (bicyclic) bond motifs is 1. The van der Waals surface area contributed by atoms with E-state index < -0.39 is 0 Å². The molecule has 2 aliphatic rings. The van der Waals surface area contributed by atoms with E-state index in [9.17, 15) is 9.90 Å². The summed E-state index contributed by atoms with van der Waals surface area (Å²) >= 11 is 0. The largest absolute Gasteiger partial charge is 0.454 e. The minimum Gasteiger partial charge on any atom is -0.454 e. The van der Waals surface area contributed by atoms with Gasteiger partial charge in [-0.25, -0.2) is 0 Å². The molecule has 1 aromatic heterocycles. The highest BCUT2D eigenvalue weighted by Crippen LogP contribution is 2.38. The summed E-state index contributed by atoms with van der Waals surface area (Å²) in [6, 6.07) is 5.41. The SMILES string of the molecule is Cn1cc([C@@H](NC(=O)Cc2ccc3c(c2)OCO3)C2CC(O)C2)cn1. The first-order chi connectivity index (χ1) is 12.1. The van der Waals surface area contributed by atoms with E-state index >= 15 is 0 Å². The lowest BCUT2D eigenvalue weighted by Crippen LogP contribution is -2.41. The van der Waals surface area contributed by atoms with Gasteiger partial charge in [0.1, 0.15) is 0 Å². The van der Waals surface area contributed by atoms with Crippen molar-refractivity contribution >= 4 is 5.91 Å². The summed E-state index contributed by atoms with van der Waals surface area (Å²) < 4.78 is 12.4. The van der Waals surface area contributed by atoms with Crippen LogP contribution in [-0.2, 0) is 18.3 Å². The third kappa shape index (κ3) is 3.32. The number of aryl methyl sites for hydroxylation is 1. The van der Waals surface area contributed by atoms with Crippen LogP contribution >= 0.6 is 0 Å². The van der Waals surface area contributed by atoms with Crippen molar-refractivity contribution in [3.8, 4) is 11.5 Å². The number of nitrogens with zero attached hydrogens (tertiary/aromatic N) is 2. The van der Waals surface area contributed by atoms with Gasteiger partial charge in [-0.1, -0.05) is 6.07 Å². The molecular weight excluding hydrogens is 322 g/mol. The van der Waals surface area contributed by atoms with Gasteiger partial charge in [0.15, 0.2) is 11.5 Å². The third-order valence-electron chi connectivity index (χ3n) is 4.82. The molecule has 0 radical (unpaired) electrons. The van der Waals surface area contributed by atoms with Gasteiger partial charge in [0, 0.05) is 18.8 Å². The summed E-state index contributed by atoms with van der Waals surface area (Å²) in [4.78, 5) is 12.6. The number of benzene rings is 1. The molecule has 7 heteroatoms. The van der Waals surface area contributed by atoms with Crippen LogP contribution in [0.3, 0.4) is 0 Å². The second-order valence-electron chi connectivity index (χ2n) is 6.74. The molecule has 2 N–H and O–H groups in total. The molecule has 1 aromatic carbocycles. The Hall–Kier alpha value is -2.54. The molecule has 1 saturated carbocycles. The Morgan fingerprint density at radius 3 is 2.92 bits per heavy atom. The van der Waals surface area contributed by atoms with Crippen LogP contribution in [-0.4, -0.2) is 33.7 Å². The van der Waals surface area contributed by atoms with Crippen LogP contribution in [0.1, 0.15) is 30.0 Å². The van der Waals surface area contributed by atoms with Crippen molar-refractivity contribution in [1.82, 2.24) is 15.1 Å². The lowest BCUT2D eigenvalue weighted by molar-refractivity contribution is -0.122. The van der Waals surface area contributed by atoms with Gasteiger partial charge in [-0.2, -0.15) is 5.10 Å². The maximum absolute atomic E-state index is 12.6. The number of hydrogen-bond acceptors (Lipinski definition) is 5. The Labute approximate surface area is 145 Å². The van der Waals surface area contributed by atoms with Crippen LogP contribution in [0.5, 0.6) is 11.5 Å². The van der Waals surface area contributed by atoms with E-state index in [1.54, 1.807) is 10.9 Å². The minimum atomic E-state index is -0.269. The molecule has 1 aliphatic carbocycles. The maximum Gasteiger partial charge on any atom is 0.231 e. The Morgan fingerprint density at radius 2 is 2.20 bits per heavy atom. The van der Waals surface area contributed by atoms with E-state index in [0.29, 0.717) is 24.3 Å². The van der Waals surface area contributed by atoms with Crippen molar-refractivity contribution < 1.29 is 19.4 Å². The number of hydrogen-bond donors (Lipinski definition) is 2. The molecule has 1 fully saturated rings. The van der Waals surface area contributed by atoms with Crippen LogP contribution in [0.25, 0.3) is 0 Å². The highest BCUT2D eigenvalue weighted by atomic mass is 16.7. The topological polar surface area (TPSA) is 85.6 Å². The first-order valence-electron chi connectivity index (χ1n) is 8.43. The fourth-order valence-electron chi connectivity index (χ4n) is 3.44. The van der Waals surface area contributed by atoms with Crippen molar-refractivity contribution in [3.63, 3.8) is 0 Å². The molecule has 1 amide bonds. The Balaban J connectivity index is 1.45. The van der Waals surface area contributed by atoms with Crippen LogP contribution in [0.4, 0.5) is 0 Å². The average Bonchev–Trinajstić information content (AvgIpc) is 3.18. The van der Waals surface area contributed by atoms with Crippen molar-refractivity contribution in [2.75, 3.05) is 6.79 Å². The van der Waals surface area contributed by atoms with E-state index in [4.69, 9.17) is 9.47 Å². The van der Waals surface area contributed by atoms with Gasteiger partial charge in [-0.05, 0) is 36.5 Å². The van der Waals surface area contributed by atoms with E-state index in [2.05, 4.69) is 10.4 Å². The third-order valence-corrected chi connectivity index (χ3v) is 4.82. The first-order valence-corrected chi connectivity index (χ1v) is 8.43. The van der Waals surface area contributed by atoms with E-state index in [1.807, 2.05) is 31.4 Å². The zero-order chi connectivity index (χ0) is 17.4. The number of ether oxygens (including phenoxy) is 2. The predicted molar refractivity (Wildman–Crippen MR) is 89.1 cm³/mol. The zero-order valence-electron chi connectivity index (χ0n) is 14.0. The first kappa shape index (κ1) is 16.0. The summed E-state index contributed by atoms with van der Waals surface area (Å²) in [7, 11) is 1.85. The summed E-state index contributed by atoms with van der Waals surface area (Å²) in [5, 5.41) is 16.9. The Kier molecular flexibility index (Phi) is 4.09. The molecule has 2 aromatic rings. The lowest BCUT2D eigenvalue weighted by Gasteiger charge is -2.37. The summed E-state index contributed by atoms with van der Waals surface area (Å²) in [5.74, 6) is 1.56. The smallest absolute Gasteiger partial charge is 0.231 e. The molecule has 1 atom stereocenters. The number of aliphatic hydroxyl groups excluding tert-OH is 1. The number of rotatable bonds is 5. The highest BCUT2D eigenvalue weighted by molar-refractivity contribution is 5.79. The molecule has 2 heterocycles. The molecule has 25 heavy (non-hydrogen) atoms. The number of carbonyl (C=O) groups is 1. The molecule has 0 unspecified atom stereocenters. The van der Waals surface area contributed by atoms with E-state index in [1.165, 1.54) is 0 Å².